The highest BCUT2D eigenvalue weighted by Gasteiger charge is 2.39. The van der Waals surface area contributed by atoms with Crippen LogP contribution in [0.4, 0.5) is 11.4 Å². The lowest BCUT2D eigenvalue weighted by atomic mass is 9.87. The Labute approximate surface area is 153 Å². The standard InChI is InChI=1S/C14H15N5O4S2/c1-3-6(2)4-7-8(5-15)9(13(16)24)12(19(22)23)10(14(17)25)11(7)18(20)21/h6H,3-4H2,1-2H3,(H2,16,24)(H2,17,25). The molecule has 0 spiro atoms. The van der Waals surface area contributed by atoms with E-state index in [1.54, 1.807) is 6.07 Å². The van der Waals surface area contributed by atoms with Crippen LogP contribution in [0.5, 0.6) is 0 Å². The number of rotatable bonds is 7. The monoisotopic (exact) mass is 381 g/mol. The number of nitrogens with two attached hydrogens (primary N) is 2. The summed E-state index contributed by atoms with van der Waals surface area (Å²) < 4.78 is 0. The van der Waals surface area contributed by atoms with Gasteiger partial charge >= 0.3 is 0 Å². The third kappa shape index (κ3) is 3.86. The van der Waals surface area contributed by atoms with Crippen LogP contribution in [0.1, 0.15) is 42.5 Å². The molecule has 1 aromatic carbocycles. The molecule has 0 radical (unpaired) electrons. The summed E-state index contributed by atoms with van der Waals surface area (Å²) in [6.45, 7) is 3.70. The predicted octanol–water partition coefficient (Wildman–Crippen LogP) is 2.23. The van der Waals surface area contributed by atoms with E-state index in [9.17, 15) is 25.5 Å². The van der Waals surface area contributed by atoms with Crippen LogP contribution in [-0.2, 0) is 6.42 Å². The maximum absolute atomic E-state index is 11.6. The summed E-state index contributed by atoms with van der Waals surface area (Å²) >= 11 is 9.65. The molecule has 0 aliphatic heterocycles. The van der Waals surface area contributed by atoms with Crippen molar-refractivity contribution in [3.05, 3.63) is 42.5 Å². The highest BCUT2D eigenvalue weighted by Crippen LogP contribution is 2.40. The quantitative estimate of drug-likeness (QED) is 0.409. The molecular weight excluding hydrogens is 366 g/mol. The second-order valence-corrected chi connectivity index (χ2v) is 6.25. The molecule has 0 saturated carbocycles. The lowest BCUT2D eigenvalue weighted by molar-refractivity contribution is -0.395. The van der Waals surface area contributed by atoms with Crippen LogP contribution < -0.4 is 11.5 Å². The van der Waals surface area contributed by atoms with Crippen LogP contribution in [0.2, 0.25) is 0 Å². The van der Waals surface area contributed by atoms with Gasteiger partial charge in [0.1, 0.15) is 21.6 Å². The number of nitro groups is 2. The number of nitriles is 1. The van der Waals surface area contributed by atoms with E-state index < -0.39 is 36.8 Å². The van der Waals surface area contributed by atoms with Gasteiger partial charge in [-0.2, -0.15) is 5.26 Å². The molecule has 25 heavy (non-hydrogen) atoms. The summed E-state index contributed by atoms with van der Waals surface area (Å²) in [5, 5.41) is 32.7. The zero-order valence-corrected chi connectivity index (χ0v) is 15.1. The minimum Gasteiger partial charge on any atom is -0.389 e. The number of hydrogen-bond acceptors (Lipinski definition) is 7. The molecule has 1 aromatic rings. The van der Waals surface area contributed by atoms with Gasteiger partial charge in [-0.15, -0.1) is 0 Å². The molecule has 0 aliphatic carbocycles. The number of nitrogens with zero attached hydrogens (tertiary/aromatic N) is 3. The van der Waals surface area contributed by atoms with Crippen LogP contribution in [-0.4, -0.2) is 19.8 Å². The van der Waals surface area contributed by atoms with Crippen molar-refractivity contribution in [3.8, 4) is 6.07 Å². The van der Waals surface area contributed by atoms with Gasteiger partial charge in [0.05, 0.1) is 15.4 Å². The Hall–Kier alpha value is -2.71. The average Bonchev–Trinajstić information content (AvgIpc) is 2.51. The van der Waals surface area contributed by atoms with Gasteiger partial charge < -0.3 is 11.5 Å². The molecule has 0 aromatic heterocycles. The molecule has 0 heterocycles. The van der Waals surface area contributed by atoms with Crippen molar-refractivity contribution >= 4 is 45.8 Å². The Balaban J connectivity index is 4.24. The summed E-state index contributed by atoms with van der Waals surface area (Å²) in [6.07, 6.45) is 0.794. The molecule has 0 bridgehead atoms. The van der Waals surface area contributed by atoms with Gasteiger partial charge in [0.2, 0.25) is 0 Å². The zero-order valence-electron chi connectivity index (χ0n) is 13.4. The second kappa shape index (κ2) is 7.91. The van der Waals surface area contributed by atoms with Gasteiger partial charge in [-0.05, 0) is 12.3 Å². The van der Waals surface area contributed by atoms with E-state index in [-0.39, 0.29) is 29.0 Å². The van der Waals surface area contributed by atoms with Crippen molar-refractivity contribution in [1.82, 2.24) is 0 Å². The normalized spacial score (nSPS) is 11.4. The largest absolute Gasteiger partial charge is 0.389 e. The van der Waals surface area contributed by atoms with E-state index in [0.717, 1.165) is 0 Å². The Kier molecular flexibility index (Phi) is 6.43. The number of benzene rings is 1. The predicted molar refractivity (Wildman–Crippen MR) is 99.4 cm³/mol. The minimum absolute atomic E-state index is 0.00181. The average molecular weight is 381 g/mol. The van der Waals surface area contributed by atoms with Crippen molar-refractivity contribution in [1.29, 1.82) is 5.26 Å². The van der Waals surface area contributed by atoms with Crippen LogP contribution in [0.3, 0.4) is 0 Å². The van der Waals surface area contributed by atoms with Crippen LogP contribution >= 0.6 is 24.4 Å². The second-order valence-electron chi connectivity index (χ2n) is 5.37. The van der Waals surface area contributed by atoms with E-state index in [0.29, 0.717) is 6.42 Å². The van der Waals surface area contributed by atoms with Crippen molar-refractivity contribution < 1.29 is 9.85 Å². The first-order valence-electron chi connectivity index (χ1n) is 7.09. The van der Waals surface area contributed by atoms with E-state index in [4.69, 9.17) is 35.9 Å². The maximum Gasteiger partial charge on any atom is 0.298 e. The number of thiocarbonyl (C=S) groups is 2. The molecule has 11 heteroatoms. The van der Waals surface area contributed by atoms with E-state index in [2.05, 4.69) is 0 Å². The lowest BCUT2D eigenvalue weighted by Gasteiger charge is -2.16. The third-order valence-corrected chi connectivity index (χ3v) is 4.18. The summed E-state index contributed by atoms with van der Waals surface area (Å²) in [5.74, 6) is -0.0364. The van der Waals surface area contributed by atoms with Crippen molar-refractivity contribution in [2.24, 2.45) is 17.4 Å². The van der Waals surface area contributed by atoms with Crippen molar-refractivity contribution in [2.45, 2.75) is 26.7 Å². The van der Waals surface area contributed by atoms with E-state index in [1.807, 2.05) is 13.8 Å². The Morgan fingerprint density at radius 2 is 1.64 bits per heavy atom. The highest BCUT2D eigenvalue weighted by atomic mass is 32.1. The Bertz CT molecular complexity index is 832. The Morgan fingerprint density at radius 1 is 1.16 bits per heavy atom. The first-order chi connectivity index (χ1) is 11.6. The lowest BCUT2D eigenvalue weighted by Crippen LogP contribution is -2.23. The first-order valence-corrected chi connectivity index (χ1v) is 7.91. The smallest absolute Gasteiger partial charge is 0.298 e. The molecule has 132 valence electrons. The SMILES string of the molecule is CCC(C)Cc1c(C#N)c(C(N)=S)c([N+](=O)[O-])c(C(N)=S)c1[N+](=O)[O-]. The number of nitro benzene ring substituents is 2. The fraction of sp³-hybridized carbons (Fsp3) is 0.357. The molecule has 4 N–H and O–H groups in total. The molecular formula is C14H15N5O4S2. The summed E-state index contributed by atoms with van der Waals surface area (Å²) in [7, 11) is 0. The summed E-state index contributed by atoms with van der Waals surface area (Å²) in [5.41, 5.74) is 8.49. The Morgan fingerprint density at radius 3 is 1.96 bits per heavy atom. The molecule has 1 atom stereocenters. The summed E-state index contributed by atoms with van der Waals surface area (Å²) in [6, 6.07) is 1.77. The van der Waals surface area contributed by atoms with E-state index >= 15 is 0 Å². The first kappa shape index (κ1) is 20.3. The van der Waals surface area contributed by atoms with Crippen LogP contribution in [0.15, 0.2) is 0 Å². The third-order valence-electron chi connectivity index (χ3n) is 3.77. The maximum atomic E-state index is 11.6. The van der Waals surface area contributed by atoms with Gasteiger partial charge in [-0.1, -0.05) is 44.7 Å². The van der Waals surface area contributed by atoms with Crippen molar-refractivity contribution in [3.63, 3.8) is 0 Å². The van der Waals surface area contributed by atoms with Gasteiger partial charge in [0, 0.05) is 5.56 Å². The molecule has 0 fully saturated rings. The van der Waals surface area contributed by atoms with E-state index in [1.165, 1.54) is 0 Å². The molecule has 9 nitrogen and oxygen atoms in total. The van der Waals surface area contributed by atoms with Crippen LogP contribution in [0, 0.1) is 37.5 Å². The highest BCUT2D eigenvalue weighted by molar-refractivity contribution is 7.81. The fourth-order valence-corrected chi connectivity index (χ4v) is 2.84. The van der Waals surface area contributed by atoms with Gasteiger partial charge in [-0.25, -0.2) is 0 Å². The molecule has 1 rings (SSSR count). The van der Waals surface area contributed by atoms with Crippen molar-refractivity contribution in [2.75, 3.05) is 0 Å². The van der Waals surface area contributed by atoms with Gasteiger partial charge in [0.25, 0.3) is 11.4 Å². The van der Waals surface area contributed by atoms with Crippen LogP contribution in [0.25, 0.3) is 0 Å². The molecule has 1 unspecified atom stereocenters. The fourth-order valence-electron chi connectivity index (χ4n) is 2.45. The summed E-state index contributed by atoms with van der Waals surface area (Å²) in [4.78, 5) is 20.5. The number of hydrogen-bond donors (Lipinski definition) is 2. The van der Waals surface area contributed by atoms with Gasteiger partial charge in [0.15, 0.2) is 5.56 Å². The minimum atomic E-state index is -0.913. The van der Waals surface area contributed by atoms with Gasteiger partial charge in [-0.3, -0.25) is 20.2 Å². The topological polar surface area (TPSA) is 162 Å². The molecule has 0 saturated heterocycles. The zero-order chi connectivity index (χ0) is 19.5. The molecule has 0 aliphatic rings. The molecule has 0 amide bonds.